The third-order valence-corrected chi connectivity index (χ3v) is 5.28. The predicted octanol–water partition coefficient (Wildman–Crippen LogP) is 3.89. The second-order valence-corrected chi connectivity index (χ2v) is 7.55. The van der Waals surface area contributed by atoms with Crippen LogP contribution in [0.2, 0.25) is 0 Å². The first-order valence-electron chi connectivity index (χ1n) is 9.94. The Bertz CT molecular complexity index is 1090. The van der Waals surface area contributed by atoms with Crippen LogP contribution in [0.3, 0.4) is 0 Å². The molecule has 0 saturated heterocycles. The number of methoxy groups -OCH3 is 1. The van der Waals surface area contributed by atoms with Crippen LogP contribution in [0.15, 0.2) is 59.8 Å². The van der Waals surface area contributed by atoms with Crippen molar-refractivity contribution in [1.29, 1.82) is 0 Å². The summed E-state index contributed by atoms with van der Waals surface area (Å²) in [5, 5.41) is 11.8. The Labute approximate surface area is 190 Å². The summed E-state index contributed by atoms with van der Waals surface area (Å²) in [4.78, 5) is 23.8. The molecule has 3 rings (SSSR count). The van der Waals surface area contributed by atoms with E-state index in [2.05, 4.69) is 15.5 Å². The highest BCUT2D eigenvalue weighted by molar-refractivity contribution is 7.99. The molecule has 0 bridgehead atoms. The van der Waals surface area contributed by atoms with E-state index in [4.69, 9.17) is 9.47 Å². The number of carbonyl (C=O) groups is 2. The van der Waals surface area contributed by atoms with Gasteiger partial charge >= 0.3 is 5.97 Å². The lowest BCUT2D eigenvalue weighted by molar-refractivity contribution is -0.137. The van der Waals surface area contributed by atoms with Gasteiger partial charge in [0.05, 0.1) is 19.5 Å². The van der Waals surface area contributed by atoms with E-state index < -0.39 is 0 Å². The SMILES string of the molecule is CCOC(=O)/C=C/c1ccc(NC(=O)CSc2nnc(C)n2-c2ccc(OC)cc2)cc1. The molecule has 3 aromatic rings. The number of thioether (sulfide) groups is 1. The maximum absolute atomic E-state index is 12.4. The summed E-state index contributed by atoms with van der Waals surface area (Å²) in [5.41, 5.74) is 2.38. The largest absolute Gasteiger partial charge is 0.497 e. The number of nitrogens with zero attached hydrogens (tertiary/aromatic N) is 3. The number of esters is 1. The molecule has 8 nitrogen and oxygen atoms in total. The summed E-state index contributed by atoms with van der Waals surface area (Å²) < 4.78 is 11.9. The standard InChI is InChI=1S/C23H24N4O4S/c1-4-31-22(29)14-7-17-5-8-18(9-6-17)24-21(28)15-32-23-26-25-16(2)27(23)19-10-12-20(30-3)13-11-19/h5-14H,4,15H2,1-3H3,(H,24,28)/b14-7+. The number of ether oxygens (including phenoxy) is 2. The summed E-state index contributed by atoms with van der Waals surface area (Å²) in [7, 11) is 1.62. The topological polar surface area (TPSA) is 95.3 Å². The Morgan fingerprint density at radius 1 is 1.09 bits per heavy atom. The molecule has 0 aliphatic heterocycles. The van der Waals surface area contributed by atoms with Gasteiger partial charge in [-0.25, -0.2) is 4.79 Å². The van der Waals surface area contributed by atoms with Crippen LogP contribution in [0.4, 0.5) is 5.69 Å². The molecule has 32 heavy (non-hydrogen) atoms. The number of benzene rings is 2. The summed E-state index contributed by atoms with van der Waals surface area (Å²) in [6.07, 6.45) is 3.03. The van der Waals surface area contributed by atoms with Crippen molar-refractivity contribution in [2.45, 2.75) is 19.0 Å². The number of aryl methyl sites for hydroxylation is 1. The van der Waals surface area contributed by atoms with E-state index in [1.165, 1.54) is 17.8 Å². The smallest absolute Gasteiger partial charge is 0.330 e. The van der Waals surface area contributed by atoms with E-state index in [1.807, 2.05) is 47.9 Å². The van der Waals surface area contributed by atoms with Crippen molar-refractivity contribution < 1.29 is 19.1 Å². The maximum Gasteiger partial charge on any atom is 0.330 e. The molecule has 2 aromatic carbocycles. The van der Waals surface area contributed by atoms with Gasteiger partial charge in [-0.2, -0.15) is 0 Å². The number of anilines is 1. The van der Waals surface area contributed by atoms with Crippen molar-refractivity contribution in [3.63, 3.8) is 0 Å². The van der Waals surface area contributed by atoms with E-state index in [0.29, 0.717) is 17.5 Å². The van der Waals surface area contributed by atoms with E-state index >= 15 is 0 Å². The molecular formula is C23H24N4O4S. The number of hydrogen-bond donors (Lipinski definition) is 1. The van der Waals surface area contributed by atoms with Crippen molar-refractivity contribution in [2.75, 3.05) is 24.8 Å². The Balaban J connectivity index is 1.58. The summed E-state index contributed by atoms with van der Waals surface area (Å²) in [6.45, 7) is 3.95. The Kier molecular flexibility index (Phi) is 8.04. The lowest BCUT2D eigenvalue weighted by atomic mass is 10.2. The van der Waals surface area contributed by atoms with Gasteiger partial charge in [0.15, 0.2) is 5.16 Å². The van der Waals surface area contributed by atoms with Crippen LogP contribution < -0.4 is 10.1 Å². The molecule has 0 spiro atoms. The zero-order valence-corrected chi connectivity index (χ0v) is 18.9. The van der Waals surface area contributed by atoms with Gasteiger partial charge in [-0.05, 0) is 61.9 Å². The van der Waals surface area contributed by atoms with Crippen molar-refractivity contribution >= 4 is 35.4 Å². The van der Waals surface area contributed by atoms with Crippen LogP contribution in [0.5, 0.6) is 5.75 Å². The van der Waals surface area contributed by atoms with E-state index in [0.717, 1.165) is 22.8 Å². The number of aromatic nitrogens is 3. The van der Waals surface area contributed by atoms with Crippen LogP contribution in [0.1, 0.15) is 18.3 Å². The molecule has 0 unspecified atom stereocenters. The fourth-order valence-electron chi connectivity index (χ4n) is 2.82. The van der Waals surface area contributed by atoms with Crippen LogP contribution in [0, 0.1) is 6.92 Å². The van der Waals surface area contributed by atoms with Crippen LogP contribution in [0.25, 0.3) is 11.8 Å². The molecule has 0 saturated carbocycles. The van der Waals surface area contributed by atoms with Crippen molar-refractivity contribution in [1.82, 2.24) is 14.8 Å². The minimum Gasteiger partial charge on any atom is -0.497 e. The second-order valence-electron chi connectivity index (χ2n) is 6.61. The quantitative estimate of drug-likeness (QED) is 0.299. The number of amides is 1. The average Bonchev–Trinajstić information content (AvgIpc) is 3.17. The fourth-order valence-corrected chi connectivity index (χ4v) is 3.62. The molecule has 9 heteroatoms. The predicted molar refractivity (Wildman–Crippen MR) is 124 cm³/mol. The van der Waals surface area contributed by atoms with Gasteiger partial charge < -0.3 is 14.8 Å². The number of rotatable bonds is 9. The Morgan fingerprint density at radius 2 is 1.81 bits per heavy atom. The second kappa shape index (κ2) is 11.1. The highest BCUT2D eigenvalue weighted by Crippen LogP contribution is 2.23. The van der Waals surface area contributed by atoms with E-state index in [1.54, 1.807) is 32.2 Å². The highest BCUT2D eigenvalue weighted by atomic mass is 32.2. The Hall–Kier alpha value is -3.59. The van der Waals surface area contributed by atoms with Crippen LogP contribution in [-0.4, -0.2) is 46.1 Å². The summed E-state index contributed by atoms with van der Waals surface area (Å²) in [5.74, 6) is 1.12. The third kappa shape index (κ3) is 6.21. The molecule has 0 aliphatic rings. The molecule has 1 aromatic heterocycles. The van der Waals surface area contributed by atoms with Crippen molar-refractivity contribution in [3.8, 4) is 11.4 Å². The molecule has 0 aliphatic carbocycles. The molecule has 0 atom stereocenters. The molecule has 1 amide bonds. The third-order valence-electron chi connectivity index (χ3n) is 4.35. The number of nitrogens with one attached hydrogen (secondary N) is 1. The van der Waals surface area contributed by atoms with Gasteiger partial charge in [-0.3, -0.25) is 9.36 Å². The number of hydrogen-bond acceptors (Lipinski definition) is 7. The molecule has 166 valence electrons. The van der Waals surface area contributed by atoms with Crippen molar-refractivity contribution in [2.24, 2.45) is 0 Å². The van der Waals surface area contributed by atoms with Gasteiger partial charge in [-0.15, -0.1) is 10.2 Å². The van der Waals surface area contributed by atoms with Gasteiger partial charge in [0, 0.05) is 17.5 Å². The molecule has 1 N–H and O–H groups in total. The van der Waals surface area contributed by atoms with Gasteiger partial charge in [0.1, 0.15) is 11.6 Å². The normalized spacial score (nSPS) is 10.8. The zero-order chi connectivity index (χ0) is 22.9. The first kappa shape index (κ1) is 23.1. The molecular weight excluding hydrogens is 428 g/mol. The first-order valence-corrected chi connectivity index (χ1v) is 10.9. The lowest BCUT2D eigenvalue weighted by Gasteiger charge is -2.09. The van der Waals surface area contributed by atoms with Gasteiger partial charge in [0.2, 0.25) is 5.91 Å². The van der Waals surface area contributed by atoms with Crippen LogP contribution in [-0.2, 0) is 14.3 Å². The molecule has 1 heterocycles. The lowest BCUT2D eigenvalue weighted by Crippen LogP contribution is -2.14. The molecule has 0 radical (unpaired) electrons. The minimum absolute atomic E-state index is 0.160. The maximum atomic E-state index is 12.4. The average molecular weight is 453 g/mol. The monoisotopic (exact) mass is 452 g/mol. The Morgan fingerprint density at radius 3 is 2.47 bits per heavy atom. The van der Waals surface area contributed by atoms with Gasteiger partial charge in [-0.1, -0.05) is 23.9 Å². The van der Waals surface area contributed by atoms with E-state index in [9.17, 15) is 9.59 Å². The summed E-state index contributed by atoms with van der Waals surface area (Å²) in [6, 6.07) is 14.7. The van der Waals surface area contributed by atoms with E-state index in [-0.39, 0.29) is 17.6 Å². The first-order chi connectivity index (χ1) is 15.5. The highest BCUT2D eigenvalue weighted by Gasteiger charge is 2.13. The molecule has 0 fully saturated rings. The summed E-state index contributed by atoms with van der Waals surface area (Å²) >= 11 is 1.30. The van der Waals surface area contributed by atoms with Gasteiger partial charge in [0.25, 0.3) is 0 Å². The van der Waals surface area contributed by atoms with Crippen molar-refractivity contribution in [3.05, 3.63) is 66.0 Å². The minimum atomic E-state index is -0.389. The fraction of sp³-hybridized carbons (Fsp3) is 0.217. The number of carbonyl (C=O) groups excluding carboxylic acids is 2. The van der Waals surface area contributed by atoms with Crippen LogP contribution >= 0.6 is 11.8 Å². The zero-order valence-electron chi connectivity index (χ0n) is 18.1.